The van der Waals surface area contributed by atoms with Gasteiger partial charge < -0.3 is 14.2 Å². The van der Waals surface area contributed by atoms with E-state index in [-0.39, 0.29) is 18.4 Å². The number of rotatable bonds is 4. The molecule has 0 N–H and O–H groups in total. The normalized spacial score (nSPS) is 46.0. The average Bonchev–Trinajstić information content (AvgIpc) is 2.99. The molecule has 5 saturated carbocycles. The predicted molar refractivity (Wildman–Crippen MR) is 173 cm³/mol. The average molecular weight is 587 g/mol. The van der Waals surface area contributed by atoms with Crippen molar-refractivity contribution in [3.05, 3.63) is 12.7 Å². The van der Waals surface area contributed by atoms with E-state index < -0.39 is 0 Å². The Kier molecular flexibility index (Phi) is 11.7. The van der Waals surface area contributed by atoms with Crippen LogP contribution < -0.4 is 0 Å². The molecule has 0 amide bonds. The Hall–Kier alpha value is -0.870. The van der Waals surface area contributed by atoms with Crippen molar-refractivity contribution < 1.29 is 19.0 Å². The molecule has 11 atom stereocenters. The van der Waals surface area contributed by atoms with Gasteiger partial charge in [0.25, 0.3) is 0 Å². The minimum absolute atomic E-state index is 0.0519. The highest BCUT2D eigenvalue weighted by Crippen LogP contribution is 2.71. The van der Waals surface area contributed by atoms with Crippen molar-refractivity contribution in [3.8, 4) is 0 Å². The third-order valence-corrected chi connectivity index (χ3v) is 13.5. The Morgan fingerprint density at radius 2 is 1.52 bits per heavy atom. The van der Waals surface area contributed by atoms with Crippen molar-refractivity contribution in [2.75, 3.05) is 13.2 Å². The lowest BCUT2D eigenvalue weighted by Crippen LogP contribution is -2.62. The summed E-state index contributed by atoms with van der Waals surface area (Å²) in [6, 6.07) is 0. The molecule has 1 saturated heterocycles. The van der Waals surface area contributed by atoms with Gasteiger partial charge in [-0.25, -0.2) is 0 Å². The molecule has 0 bridgehead atoms. The van der Waals surface area contributed by atoms with E-state index in [9.17, 15) is 4.79 Å². The number of esters is 1. The second-order valence-corrected chi connectivity index (χ2v) is 15.4. The van der Waals surface area contributed by atoms with E-state index in [2.05, 4.69) is 27.4 Å². The number of fused-ring (bicyclic) bond motifs is 7. The number of carbonyl (C=O) groups is 1. The summed E-state index contributed by atoms with van der Waals surface area (Å²) in [6.07, 6.45) is 21.7. The van der Waals surface area contributed by atoms with Gasteiger partial charge in [-0.15, -0.1) is 6.58 Å². The fraction of sp³-hybridized carbons (Fsp3) is 0.921. The Bertz CT molecular complexity index is 880. The molecule has 4 heteroatoms. The zero-order valence-corrected chi connectivity index (χ0v) is 28.6. The van der Waals surface area contributed by atoms with Crippen LogP contribution in [-0.2, 0) is 19.0 Å². The molecular weight excluding hydrogens is 520 g/mol. The van der Waals surface area contributed by atoms with Crippen LogP contribution in [0.2, 0.25) is 0 Å². The van der Waals surface area contributed by atoms with Gasteiger partial charge in [0, 0.05) is 13.5 Å². The maximum Gasteiger partial charge on any atom is 0.302 e. The van der Waals surface area contributed by atoms with Gasteiger partial charge in [-0.05, 0) is 142 Å². The zero-order valence-electron chi connectivity index (χ0n) is 28.6. The van der Waals surface area contributed by atoms with Crippen LogP contribution in [0.5, 0.6) is 0 Å². The van der Waals surface area contributed by atoms with Crippen molar-refractivity contribution in [2.24, 2.45) is 51.8 Å². The van der Waals surface area contributed by atoms with Crippen LogP contribution in [0.4, 0.5) is 0 Å². The Morgan fingerprint density at radius 1 is 0.857 bits per heavy atom. The highest BCUT2D eigenvalue weighted by Gasteiger charge is 2.64. The molecule has 0 aromatic heterocycles. The summed E-state index contributed by atoms with van der Waals surface area (Å²) in [5.74, 6) is 4.53. The van der Waals surface area contributed by atoms with E-state index in [1.807, 2.05) is 20.8 Å². The first kappa shape index (κ1) is 34.0. The molecule has 6 aliphatic rings. The van der Waals surface area contributed by atoms with E-state index in [4.69, 9.17) is 14.2 Å². The van der Waals surface area contributed by atoms with Gasteiger partial charge in [-0.1, -0.05) is 53.5 Å². The highest BCUT2D eigenvalue weighted by atomic mass is 16.7. The van der Waals surface area contributed by atoms with Crippen molar-refractivity contribution in [2.45, 2.75) is 157 Å². The monoisotopic (exact) mass is 586 g/mol. The Labute approximate surface area is 259 Å². The van der Waals surface area contributed by atoms with Crippen molar-refractivity contribution in [3.63, 3.8) is 0 Å². The van der Waals surface area contributed by atoms with Gasteiger partial charge in [0.1, 0.15) is 6.10 Å². The first-order valence-corrected chi connectivity index (χ1v) is 18.2. The minimum atomic E-state index is -0.0983. The van der Waals surface area contributed by atoms with E-state index in [0.717, 1.165) is 49.7 Å². The van der Waals surface area contributed by atoms with Crippen molar-refractivity contribution >= 4 is 5.97 Å². The van der Waals surface area contributed by atoms with Crippen molar-refractivity contribution in [1.82, 2.24) is 0 Å². The lowest BCUT2D eigenvalue weighted by molar-refractivity contribution is -0.226. The van der Waals surface area contributed by atoms with E-state index >= 15 is 0 Å². The molecule has 0 radical (unpaired) electrons. The van der Waals surface area contributed by atoms with Gasteiger partial charge >= 0.3 is 5.97 Å². The van der Waals surface area contributed by atoms with E-state index in [1.54, 1.807) is 13.0 Å². The highest BCUT2D eigenvalue weighted by molar-refractivity contribution is 5.66. The molecule has 0 spiro atoms. The summed E-state index contributed by atoms with van der Waals surface area (Å²) < 4.78 is 18.4. The van der Waals surface area contributed by atoms with Crippen LogP contribution in [0.3, 0.4) is 0 Å². The topological polar surface area (TPSA) is 44.8 Å². The maximum absolute atomic E-state index is 11.8. The van der Waals surface area contributed by atoms with Crippen LogP contribution >= 0.6 is 0 Å². The number of ether oxygens (including phenoxy) is 3. The lowest BCUT2D eigenvalue weighted by Gasteiger charge is -2.68. The number of hydrogen-bond acceptors (Lipinski definition) is 4. The molecule has 242 valence electrons. The molecule has 5 aliphatic carbocycles. The fourth-order valence-electron chi connectivity index (χ4n) is 11.8. The Morgan fingerprint density at radius 3 is 2.21 bits per heavy atom. The first-order chi connectivity index (χ1) is 20.2. The fourth-order valence-corrected chi connectivity index (χ4v) is 11.8. The summed E-state index contributed by atoms with van der Waals surface area (Å²) in [5, 5.41) is 0. The first-order valence-electron chi connectivity index (χ1n) is 18.2. The molecule has 0 aromatic rings. The van der Waals surface area contributed by atoms with E-state index in [0.29, 0.717) is 28.1 Å². The van der Waals surface area contributed by atoms with E-state index in [1.165, 1.54) is 83.5 Å². The van der Waals surface area contributed by atoms with Gasteiger partial charge in [0.15, 0.2) is 6.29 Å². The standard InChI is InChI=1S/C33H54O4.C3H6.C2H6/c1-22-25-13-17-32(4)26-14-19-33(21-36-30-10-6-8-20-35-30)16-7-5-9-27(33)24(26)11-12-29(32)31(25,3)18-15-28(22)37-23(2)34;1-3-2;1-2/h22,24-30H,5-21H2,1-4H3;3H,1H2,2H3;1-2H3. The van der Waals surface area contributed by atoms with Crippen LogP contribution in [-0.4, -0.2) is 31.6 Å². The number of allylic oxidation sites excluding steroid dienone is 1. The largest absolute Gasteiger partial charge is 0.462 e. The predicted octanol–water partition coefficient (Wildman–Crippen LogP) is 10.1. The minimum Gasteiger partial charge on any atom is -0.462 e. The molecule has 11 unspecified atom stereocenters. The van der Waals surface area contributed by atoms with Gasteiger partial charge in [0.05, 0.1) is 6.61 Å². The second-order valence-electron chi connectivity index (χ2n) is 15.4. The summed E-state index contributed by atoms with van der Waals surface area (Å²) >= 11 is 0. The van der Waals surface area contributed by atoms with Crippen LogP contribution in [0, 0.1) is 51.8 Å². The summed E-state index contributed by atoms with van der Waals surface area (Å²) in [7, 11) is 0. The maximum atomic E-state index is 11.8. The van der Waals surface area contributed by atoms with Crippen molar-refractivity contribution in [1.29, 1.82) is 0 Å². The third kappa shape index (κ3) is 6.42. The molecule has 1 aliphatic heterocycles. The third-order valence-electron chi connectivity index (χ3n) is 13.5. The molecule has 6 rings (SSSR count). The van der Waals surface area contributed by atoms with Gasteiger partial charge in [-0.2, -0.15) is 0 Å². The Balaban J connectivity index is 0.000000763. The molecule has 6 fully saturated rings. The van der Waals surface area contributed by atoms with Crippen LogP contribution in [0.15, 0.2) is 12.7 Å². The smallest absolute Gasteiger partial charge is 0.302 e. The summed E-state index contributed by atoms with van der Waals surface area (Å²) in [5.41, 5.74) is 1.27. The van der Waals surface area contributed by atoms with Gasteiger partial charge in [-0.3, -0.25) is 4.79 Å². The number of carbonyl (C=O) groups excluding carboxylic acids is 1. The summed E-state index contributed by atoms with van der Waals surface area (Å²) in [4.78, 5) is 11.8. The molecule has 4 nitrogen and oxygen atoms in total. The quantitative estimate of drug-likeness (QED) is 0.243. The molecule has 0 aromatic carbocycles. The van der Waals surface area contributed by atoms with Gasteiger partial charge in [0.2, 0.25) is 0 Å². The van der Waals surface area contributed by atoms with Crippen LogP contribution in [0.1, 0.15) is 145 Å². The van der Waals surface area contributed by atoms with Crippen LogP contribution in [0.25, 0.3) is 0 Å². The zero-order chi connectivity index (χ0) is 30.5. The summed E-state index contributed by atoms with van der Waals surface area (Å²) in [6.45, 7) is 20.4. The SMILES string of the molecule is C=CC.CC.CC(=O)OC1CCC2(C)C(CCC3(C)C4CCC5(COC6CCCCO6)CCCCC5C4CCC23)C1C. The molecule has 1 heterocycles. The number of hydrogen-bond donors (Lipinski definition) is 0. The lowest BCUT2D eigenvalue weighted by atomic mass is 9.37. The molecular formula is C38H66O4. The molecule has 42 heavy (non-hydrogen) atoms. The second kappa shape index (κ2) is 14.5.